The third-order valence-corrected chi connectivity index (χ3v) is 32.7. The van der Waals surface area contributed by atoms with Gasteiger partial charge in [-0.2, -0.15) is 0 Å². The van der Waals surface area contributed by atoms with Gasteiger partial charge in [-0.05, 0) is 148 Å². The van der Waals surface area contributed by atoms with Crippen LogP contribution >= 0.6 is 0 Å². The largest absolute Gasteiger partial charge is 0.411 e. The van der Waals surface area contributed by atoms with E-state index in [0.29, 0.717) is 42.8 Å². The summed E-state index contributed by atoms with van der Waals surface area (Å²) in [5.74, 6) is 2.38. The van der Waals surface area contributed by atoms with Crippen molar-refractivity contribution in [3.8, 4) is 0 Å². The van der Waals surface area contributed by atoms with Gasteiger partial charge < -0.3 is 32.2 Å². The van der Waals surface area contributed by atoms with E-state index in [-0.39, 0.29) is 59.8 Å². The van der Waals surface area contributed by atoms with Gasteiger partial charge in [0.25, 0.3) is 0 Å². The van der Waals surface area contributed by atoms with Gasteiger partial charge in [-0.15, -0.1) is 0 Å². The highest BCUT2D eigenvalue weighted by molar-refractivity contribution is 6.74. The summed E-state index contributed by atoms with van der Waals surface area (Å²) in [6.07, 6.45) is 10.7. The molecule has 60 heavy (non-hydrogen) atoms. The SMILES string of the molecule is CC[Si](CC)(CC)O[C@@H]1[C@H](C)O[C@@H](O[C@@H]2[C@H](C)O[C@@H](O[C@H]3CC[C@H]4[C@@H]5CCC6=CC(=O)CC[C@]6(C)[C@H]5CC[C@]34C)C[C@@H]2O[Si](CC)(CC)CC)C[C@@H]1O[Si](CC)(CC)CC. The number of fused-ring (bicyclic) bond motifs is 5. The van der Waals surface area contributed by atoms with Gasteiger partial charge in [0.2, 0.25) is 0 Å². The molecular formula is C49H90O8Si3. The molecule has 2 heterocycles. The number of hydrogen-bond acceptors (Lipinski definition) is 8. The average Bonchev–Trinajstić information content (AvgIpc) is 3.58. The Morgan fingerprint density at radius 1 is 0.600 bits per heavy atom. The van der Waals surface area contributed by atoms with Crippen LogP contribution in [0.1, 0.15) is 154 Å². The van der Waals surface area contributed by atoms with E-state index in [1.54, 1.807) is 0 Å². The van der Waals surface area contributed by atoms with Gasteiger partial charge in [-0.1, -0.05) is 81.7 Å². The van der Waals surface area contributed by atoms with E-state index in [4.69, 9.17) is 32.2 Å². The number of ketones is 1. The third-order valence-electron chi connectivity index (χ3n) is 18.7. The molecule has 11 heteroatoms. The molecule has 3 saturated carbocycles. The topological polar surface area (TPSA) is 81.7 Å². The lowest BCUT2D eigenvalue weighted by Crippen LogP contribution is -2.60. The van der Waals surface area contributed by atoms with Crippen molar-refractivity contribution >= 4 is 30.7 Å². The predicted octanol–water partition coefficient (Wildman–Crippen LogP) is 12.7. The zero-order valence-corrected chi connectivity index (χ0v) is 43.7. The van der Waals surface area contributed by atoms with Crippen molar-refractivity contribution in [3.05, 3.63) is 11.6 Å². The molecule has 2 aliphatic heterocycles. The number of carbonyl (C=O) groups excluding carboxylic acids is 1. The molecule has 4 aliphatic carbocycles. The molecule has 5 fully saturated rings. The molecule has 0 spiro atoms. The predicted molar refractivity (Wildman–Crippen MR) is 251 cm³/mol. The van der Waals surface area contributed by atoms with Gasteiger partial charge in [0, 0.05) is 19.3 Å². The molecule has 6 rings (SSSR count). The Hall–Kier alpha value is -0.219. The van der Waals surface area contributed by atoms with Gasteiger partial charge in [0.1, 0.15) is 6.10 Å². The number of allylic oxidation sites excluding steroid dienone is 1. The van der Waals surface area contributed by atoms with Crippen molar-refractivity contribution in [2.45, 2.75) is 264 Å². The highest BCUT2D eigenvalue weighted by Crippen LogP contribution is 2.66. The Bertz CT molecular complexity index is 1420. The minimum absolute atomic E-state index is 0.0615. The molecule has 6 aliphatic rings. The van der Waals surface area contributed by atoms with E-state index in [1.807, 2.05) is 6.08 Å². The average molecular weight is 892 g/mol. The van der Waals surface area contributed by atoms with Crippen LogP contribution in [0.5, 0.6) is 0 Å². The second-order valence-corrected chi connectivity index (χ2v) is 35.1. The lowest BCUT2D eigenvalue weighted by molar-refractivity contribution is -0.316. The summed E-state index contributed by atoms with van der Waals surface area (Å²) in [7, 11) is -5.91. The van der Waals surface area contributed by atoms with Gasteiger partial charge >= 0.3 is 0 Å². The van der Waals surface area contributed by atoms with E-state index in [9.17, 15) is 4.79 Å². The zero-order chi connectivity index (χ0) is 43.7. The van der Waals surface area contributed by atoms with Crippen molar-refractivity contribution in [1.82, 2.24) is 0 Å². The Balaban J connectivity index is 1.20. The number of ether oxygens (including phenoxy) is 4. The van der Waals surface area contributed by atoms with Gasteiger partial charge in [-0.3, -0.25) is 4.79 Å². The zero-order valence-electron chi connectivity index (χ0n) is 40.7. The third kappa shape index (κ3) is 9.53. The van der Waals surface area contributed by atoms with E-state index in [2.05, 4.69) is 90.0 Å². The van der Waals surface area contributed by atoms with Gasteiger partial charge in [0.15, 0.2) is 43.3 Å². The van der Waals surface area contributed by atoms with Crippen LogP contribution in [0.3, 0.4) is 0 Å². The maximum atomic E-state index is 12.4. The Kier molecular flexibility index (Phi) is 16.5. The van der Waals surface area contributed by atoms with E-state index >= 15 is 0 Å². The first-order valence-electron chi connectivity index (χ1n) is 25.5. The van der Waals surface area contributed by atoms with Crippen LogP contribution in [-0.4, -0.2) is 86.0 Å². The fourth-order valence-corrected chi connectivity index (χ4v) is 22.5. The van der Waals surface area contributed by atoms with Crippen LogP contribution in [0.2, 0.25) is 54.4 Å². The molecule has 0 radical (unpaired) electrons. The number of carbonyl (C=O) groups is 1. The number of rotatable bonds is 19. The molecule has 0 N–H and O–H groups in total. The van der Waals surface area contributed by atoms with Crippen LogP contribution in [0.15, 0.2) is 11.6 Å². The molecule has 346 valence electrons. The van der Waals surface area contributed by atoms with Crippen molar-refractivity contribution in [2.24, 2.45) is 28.6 Å². The van der Waals surface area contributed by atoms with E-state index in [1.165, 1.54) is 31.3 Å². The van der Waals surface area contributed by atoms with Gasteiger partial charge in [0.05, 0.1) is 36.6 Å². The summed E-state index contributed by atoms with van der Waals surface area (Å²) in [5.41, 5.74) is 1.77. The first kappa shape index (κ1) is 49.2. The first-order chi connectivity index (χ1) is 28.6. The van der Waals surface area contributed by atoms with Crippen LogP contribution < -0.4 is 0 Å². The summed E-state index contributed by atoms with van der Waals surface area (Å²) in [6, 6.07) is 9.88. The standard InChI is InChI=1S/C49H90O8Si3/c1-14-58(15-2,16-3)55-41-32-44(53-43-26-25-39-38-24-23-36-31-37(50)27-29-48(36,12)40(38)28-30-49(39,43)13)51-34(10)46(41)54-45-33-42(56-59(17-4,18-5)19-6)47(35(11)52-45)57-60(20-7,21-8)22-9/h31,34-35,38-47H,14-30,32-33H2,1-13H3/t34-,35-,38-,39-,40-,41-,42-,43-,44-,45-,46+,47+,48-,49-/m0/s1. The van der Waals surface area contributed by atoms with Crippen LogP contribution in [0.25, 0.3) is 0 Å². The fourth-order valence-electron chi connectivity index (χ4n) is 13.8. The molecule has 0 unspecified atom stereocenters. The molecule has 8 nitrogen and oxygen atoms in total. The van der Waals surface area contributed by atoms with Gasteiger partial charge in [-0.25, -0.2) is 0 Å². The van der Waals surface area contributed by atoms with Crippen molar-refractivity contribution in [2.75, 3.05) is 0 Å². The minimum Gasteiger partial charge on any atom is -0.411 e. The Labute approximate surface area is 370 Å². The molecule has 0 aromatic heterocycles. The smallest absolute Gasteiger partial charge is 0.192 e. The molecule has 14 atom stereocenters. The Morgan fingerprint density at radius 2 is 1.10 bits per heavy atom. The fraction of sp³-hybridized carbons (Fsp3) is 0.939. The summed E-state index contributed by atoms with van der Waals surface area (Å²) >= 11 is 0. The summed E-state index contributed by atoms with van der Waals surface area (Å²) in [5, 5.41) is 0. The normalized spacial score (nSPS) is 40.1. The van der Waals surface area contributed by atoms with Crippen LogP contribution in [0, 0.1) is 28.6 Å². The second-order valence-electron chi connectivity index (χ2n) is 21.0. The summed E-state index contributed by atoms with van der Waals surface area (Å²) < 4.78 is 50.4. The number of hydrogen-bond donors (Lipinski definition) is 0. The molecule has 0 aromatic rings. The monoisotopic (exact) mass is 891 g/mol. The van der Waals surface area contributed by atoms with Crippen molar-refractivity contribution in [3.63, 3.8) is 0 Å². The molecule has 2 saturated heterocycles. The highest BCUT2D eigenvalue weighted by atomic mass is 28.4. The lowest BCUT2D eigenvalue weighted by Gasteiger charge is -2.58. The van der Waals surface area contributed by atoms with E-state index in [0.717, 1.165) is 73.7 Å². The van der Waals surface area contributed by atoms with Crippen LogP contribution in [0.4, 0.5) is 0 Å². The van der Waals surface area contributed by atoms with Crippen LogP contribution in [-0.2, 0) is 37.0 Å². The minimum atomic E-state index is -2.02. The lowest BCUT2D eigenvalue weighted by atomic mass is 9.47. The summed E-state index contributed by atoms with van der Waals surface area (Å²) in [4.78, 5) is 12.4. The maximum Gasteiger partial charge on any atom is 0.192 e. The molecular weight excluding hydrogens is 801 g/mol. The first-order valence-corrected chi connectivity index (χ1v) is 33.1. The Morgan fingerprint density at radius 3 is 1.65 bits per heavy atom. The van der Waals surface area contributed by atoms with E-state index < -0.39 is 31.2 Å². The summed E-state index contributed by atoms with van der Waals surface area (Å²) in [6.45, 7) is 30.3. The van der Waals surface area contributed by atoms with Crippen molar-refractivity contribution < 1.29 is 37.0 Å². The molecule has 0 amide bonds. The molecule has 0 bridgehead atoms. The maximum absolute atomic E-state index is 12.4. The highest BCUT2D eigenvalue weighted by Gasteiger charge is 2.60. The quantitative estimate of drug-likeness (QED) is 0.119. The second kappa shape index (κ2) is 20.1. The van der Waals surface area contributed by atoms with Crippen molar-refractivity contribution in [1.29, 1.82) is 0 Å². The molecule has 0 aromatic carbocycles.